The van der Waals surface area contributed by atoms with Gasteiger partial charge in [0.25, 0.3) is 0 Å². The van der Waals surface area contributed by atoms with E-state index in [9.17, 15) is 29.1 Å². The number of aliphatic carboxylic acids is 1. The van der Waals surface area contributed by atoms with Crippen LogP contribution in [0.3, 0.4) is 0 Å². The molecule has 1 fully saturated rings. The number of aliphatic hydroxyl groups excluding tert-OH is 1. The van der Waals surface area contributed by atoms with Gasteiger partial charge in [-0.25, -0.2) is 4.79 Å². The zero-order valence-electron chi connectivity index (χ0n) is 18.8. The molecule has 15 nitrogen and oxygen atoms in total. The lowest BCUT2D eigenvalue weighted by Gasteiger charge is -2.28. The van der Waals surface area contributed by atoms with E-state index >= 15 is 0 Å². The van der Waals surface area contributed by atoms with Crippen molar-refractivity contribution < 1.29 is 34.2 Å². The van der Waals surface area contributed by atoms with Crippen molar-refractivity contribution in [3.8, 4) is 0 Å². The highest BCUT2D eigenvalue weighted by molar-refractivity contribution is 5.94. The van der Waals surface area contributed by atoms with Gasteiger partial charge in [-0.05, 0) is 32.1 Å². The average molecular weight is 487 g/mol. The molecule has 4 unspecified atom stereocenters. The second-order valence-corrected chi connectivity index (χ2v) is 7.89. The first-order valence-electron chi connectivity index (χ1n) is 10.8. The third-order valence-corrected chi connectivity index (χ3v) is 5.22. The molecule has 0 aromatic heterocycles. The summed E-state index contributed by atoms with van der Waals surface area (Å²) in [4.78, 5) is 65.8. The van der Waals surface area contributed by atoms with Crippen LogP contribution in [0.25, 0.3) is 0 Å². The van der Waals surface area contributed by atoms with Crippen LogP contribution in [-0.2, 0) is 24.0 Å². The van der Waals surface area contributed by atoms with E-state index in [1.165, 1.54) is 4.90 Å². The fourth-order valence-electron chi connectivity index (χ4n) is 3.45. The van der Waals surface area contributed by atoms with Gasteiger partial charge in [-0.3, -0.25) is 24.2 Å². The summed E-state index contributed by atoms with van der Waals surface area (Å²) in [5.74, 6) is -4.27. The van der Waals surface area contributed by atoms with Gasteiger partial charge in [0, 0.05) is 19.5 Å². The van der Waals surface area contributed by atoms with Crippen LogP contribution < -0.4 is 33.6 Å². The van der Waals surface area contributed by atoms with Gasteiger partial charge in [0.05, 0.1) is 6.61 Å². The Morgan fingerprint density at radius 2 is 1.74 bits per heavy atom. The minimum atomic E-state index is -1.30. The van der Waals surface area contributed by atoms with Gasteiger partial charge in [0.15, 0.2) is 5.96 Å². The minimum absolute atomic E-state index is 0.0122. The number of primary amides is 1. The predicted octanol–water partition coefficient (Wildman–Crippen LogP) is -4.33. The van der Waals surface area contributed by atoms with Crippen molar-refractivity contribution in [3.05, 3.63) is 0 Å². The number of nitrogens with zero attached hydrogens (tertiary/aromatic N) is 2. The van der Waals surface area contributed by atoms with Crippen molar-refractivity contribution in [2.24, 2.45) is 27.9 Å². The first-order chi connectivity index (χ1) is 16.0. The van der Waals surface area contributed by atoms with E-state index in [0.717, 1.165) is 0 Å². The molecule has 15 heteroatoms. The molecule has 0 aliphatic carbocycles. The van der Waals surface area contributed by atoms with Crippen LogP contribution in [0.4, 0.5) is 0 Å². The third kappa shape index (κ3) is 9.19. The molecule has 0 bridgehead atoms. The van der Waals surface area contributed by atoms with E-state index in [0.29, 0.717) is 12.8 Å². The number of carboxylic acids is 1. The topological polar surface area (TPSA) is 270 Å². The molecular weight excluding hydrogens is 452 g/mol. The van der Waals surface area contributed by atoms with Gasteiger partial charge in [-0.1, -0.05) is 0 Å². The Labute approximate surface area is 196 Å². The lowest BCUT2D eigenvalue weighted by atomic mass is 10.1. The molecule has 0 spiro atoms. The molecular formula is C19H34N8O7. The fraction of sp³-hybridized carbons (Fsp3) is 0.684. The molecule has 192 valence electrons. The van der Waals surface area contributed by atoms with E-state index in [1.807, 2.05) is 0 Å². The summed E-state index contributed by atoms with van der Waals surface area (Å²) < 4.78 is 0. The molecule has 0 saturated carbocycles. The first-order valence-corrected chi connectivity index (χ1v) is 10.8. The van der Waals surface area contributed by atoms with Crippen LogP contribution >= 0.6 is 0 Å². The largest absolute Gasteiger partial charge is 0.480 e. The number of guanidine groups is 1. The molecule has 1 rings (SSSR count). The molecule has 0 aromatic carbocycles. The highest BCUT2D eigenvalue weighted by Crippen LogP contribution is 2.19. The smallest absolute Gasteiger partial charge is 0.326 e. The Balaban J connectivity index is 2.89. The summed E-state index contributed by atoms with van der Waals surface area (Å²) in [5, 5.41) is 23.4. The number of carbonyl (C=O) groups excluding carboxylic acids is 4. The summed E-state index contributed by atoms with van der Waals surface area (Å²) >= 11 is 0. The Bertz CT molecular complexity index is 787. The van der Waals surface area contributed by atoms with E-state index in [4.69, 9.17) is 28.0 Å². The monoisotopic (exact) mass is 486 g/mol. The van der Waals surface area contributed by atoms with Gasteiger partial charge in [0.2, 0.25) is 23.6 Å². The number of hydrogen-bond acceptors (Lipinski definition) is 8. The molecule has 0 aromatic rings. The molecule has 0 radical (unpaired) electrons. The van der Waals surface area contributed by atoms with E-state index in [1.54, 1.807) is 0 Å². The summed E-state index contributed by atoms with van der Waals surface area (Å²) in [5.41, 5.74) is 21.2. The Morgan fingerprint density at radius 1 is 1.06 bits per heavy atom. The standard InChI is InChI=1S/C19H34N8O7/c20-10(9-28)17(32)27-8-2-4-13(27)16(31)25-11(5-6-14(21)29)15(30)26-12(18(33)34)3-1-7-24-19(22)23/h10-13,28H,1-9,20H2,(H2,21,29)(H,25,31)(H,26,30)(H,33,34)(H4,22,23,24). The van der Waals surface area contributed by atoms with Crippen LogP contribution in [0, 0.1) is 0 Å². The third-order valence-electron chi connectivity index (χ3n) is 5.22. The van der Waals surface area contributed by atoms with E-state index < -0.39 is 60.4 Å². The van der Waals surface area contributed by atoms with Crippen LogP contribution in [0.2, 0.25) is 0 Å². The summed E-state index contributed by atoms with van der Waals surface area (Å²) in [6.07, 6.45) is 0.669. The molecule has 12 N–H and O–H groups in total. The van der Waals surface area contributed by atoms with Gasteiger partial charge >= 0.3 is 5.97 Å². The normalized spacial score (nSPS) is 17.8. The number of aliphatic imine (C=N–C) groups is 1. The predicted molar refractivity (Wildman–Crippen MR) is 120 cm³/mol. The second-order valence-electron chi connectivity index (χ2n) is 7.89. The zero-order valence-corrected chi connectivity index (χ0v) is 18.8. The zero-order chi connectivity index (χ0) is 25.8. The second kappa shape index (κ2) is 13.9. The maximum absolute atomic E-state index is 12.9. The van der Waals surface area contributed by atoms with Crippen LogP contribution in [0.5, 0.6) is 0 Å². The molecule has 1 heterocycles. The fourth-order valence-corrected chi connectivity index (χ4v) is 3.45. The number of carbonyl (C=O) groups is 5. The van der Waals surface area contributed by atoms with Crippen molar-refractivity contribution in [1.29, 1.82) is 0 Å². The van der Waals surface area contributed by atoms with Crippen molar-refractivity contribution in [1.82, 2.24) is 15.5 Å². The molecule has 1 aliphatic rings. The molecule has 4 atom stereocenters. The quantitative estimate of drug-likeness (QED) is 0.0664. The van der Waals surface area contributed by atoms with Crippen LogP contribution in [0.1, 0.15) is 38.5 Å². The van der Waals surface area contributed by atoms with Crippen molar-refractivity contribution >= 4 is 35.6 Å². The molecule has 1 aliphatic heterocycles. The Morgan fingerprint density at radius 3 is 2.29 bits per heavy atom. The first kappa shape index (κ1) is 28.6. The summed E-state index contributed by atoms with van der Waals surface area (Å²) in [7, 11) is 0. The van der Waals surface area contributed by atoms with E-state index in [-0.39, 0.29) is 44.7 Å². The maximum atomic E-state index is 12.9. The number of carboxylic acid groups (broad SMARTS) is 1. The van der Waals surface area contributed by atoms with Gasteiger partial charge in [0.1, 0.15) is 24.2 Å². The molecule has 1 saturated heterocycles. The van der Waals surface area contributed by atoms with Gasteiger partial charge in [-0.15, -0.1) is 0 Å². The molecule has 4 amide bonds. The van der Waals surface area contributed by atoms with Crippen molar-refractivity contribution in [2.75, 3.05) is 19.7 Å². The van der Waals surface area contributed by atoms with Gasteiger partial charge in [-0.2, -0.15) is 0 Å². The highest BCUT2D eigenvalue weighted by atomic mass is 16.4. The highest BCUT2D eigenvalue weighted by Gasteiger charge is 2.37. The number of hydrogen-bond donors (Lipinski definition) is 8. The number of amides is 4. The lowest BCUT2D eigenvalue weighted by molar-refractivity contribution is -0.143. The SMILES string of the molecule is NC(=O)CCC(NC(=O)C1CCCN1C(=O)C(N)CO)C(=O)NC(CCCN=C(N)N)C(=O)O. The number of aliphatic hydroxyl groups is 1. The van der Waals surface area contributed by atoms with Gasteiger partial charge < -0.3 is 48.7 Å². The number of nitrogens with two attached hydrogens (primary N) is 4. The van der Waals surface area contributed by atoms with Crippen molar-refractivity contribution in [3.63, 3.8) is 0 Å². The minimum Gasteiger partial charge on any atom is -0.480 e. The number of rotatable bonds is 14. The number of likely N-dealkylation sites (tertiary alicyclic amines) is 1. The molecule has 34 heavy (non-hydrogen) atoms. The number of nitrogens with one attached hydrogen (secondary N) is 2. The summed E-state index contributed by atoms with van der Waals surface area (Å²) in [6, 6.07) is -4.67. The Kier molecular flexibility index (Phi) is 11.7. The lowest BCUT2D eigenvalue weighted by Crippen LogP contribution is -2.57. The van der Waals surface area contributed by atoms with Crippen LogP contribution in [0.15, 0.2) is 4.99 Å². The Hall–Kier alpha value is -3.46. The average Bonchev–Trinajstić information content (AvgIpc) is 3.26. The van der Waals surface area contributed by atoms with E-state index in [2.05, 4.69) is 15.6 Å². The summed E-state index contributed by atoms with van der Waals surface area (Å²) in [6.45, 7) is -0.182. The maximum Gasteiger partial charge on any atom is 0.326 e. The van der Waals surface area contributed by atoms with Crippen molar-refractivity contribution in [2.45, 2.75) is 62.7 Å². The van der Waals surface area contributed by atoms with Crippen LogP contribution in [-0.4, -0.2) is 94.5 Å².